The maximum absolute atomic E-state index is 12.3. The molecular weight excluding hydrogens is 314 g/mol. The van der Waals surface area contributed by atoms with Crippen LogP contribution in [-0.2, 0) is 0 Å². The summed E-state index contributed by atoms with van der Waals surface area (Å²) in [7, 11) is 0. The molecule has 2 aromatic carbocycles. The molecule has 117 valence electrons. The van der Waals surface area contributed by atoms with E-state index in [1.165, 1.54) is 30.3 Å². The Kier molecular flexibility index (Phi) is 4.20. The number of alkyl halides is 6. The summed E-state index contributed by atoms with van der Waals surface area (Å²) in [6.45, 7) is 0. The summed E-state index contributed by atoms with van der Waals surface area (Å²) in [5.41, 5.74) is 0.729. The van der Waals surface area contributed by atoms with E-state index in [2.05, 4.69) is 15.5 Å². The predicted octanol–water partition coefficient (Wildman–Crippen LogP) is 4.95. The van der Waals surface area contributed by atoms with Crippen LogP contribution in [-0.4, -0.2) is 12.7 Å². The molecule has 0 aliphatic rings. The lowest BCUT2D eigenvalue weighted by atomic mass is 10.1. The summed E-state index contributed by atoms with van der Waals surface area (Å²) in [6, 6.07) is 11.6. The molecule has 0 saturated carbocycles. The molecule has 0 amide bonds. The second-order valence-electron chi connectivity index (χ2n) is 4.05. The van der Waals surface area contributed by atoms with E-state index in [1.54, 1.807) is 0 Å². The molecule has 0 heterocycles. The van der Waals surface area contributed by atoms with Crippen molar-refractivity contribution in [3.8, 4) is 22.6 Å². The minimum absolute atomic E-state index is 0.239. The van der Waals surface area contributed by atoms with Gasteiger partial charge in [-0.15, -0.1) is 26.3 Å². The molecule has 0 bridgehead atoms. The lowest BCUT2D eigenvalue weighted by Crippen LogP contribution is -2.21. The highest BCUT2D eigenvalue weighted by Gasteiger charge is 2.36. The number of hydrogen-bond donors (Lipinski definition) is 0. The molecule has 0 saturated heterocycles. The Bertz CT molecular complexity index is 634. The van der Waals surface area contributed by atoms with Crippen LogP contribution in [0.25, 0.3) is 11.1 Å². The highest BCUT2D eigenvalue weighted by Crippen LogP contribution is 2.38. The zero-order chi connectivity index (χ0) is 16.4. The summed E-state index contributed by atoms with van der Waals surface area (Å²) < 4.78 is 80.8. The molecule has 2 aromatic rings. The largest absolute Gasteiger partial charge is 0.573 e. The van der Waals surface area contributed by atoms with Gasteiger partial charge in [-0.2, -0.15) is 0 Å². The summed E-state index contributed by atoms with van der Waals surface area (Å²) in [6.07, 6.45) is -10.3. The summed E-state index contributed by atoms with van der Waals surface area (Å²) in [5, 5.41) is 0. The molecule has 0 N–H and O–H groups in total. The highest BCUT2D eigenvalue weighted by atomic mass is 19.4. The molecule has 0 aliphatic heterocycles. The SMILES string of the molecule is FC(F)(F)Oc1ccc(-c2cc[c]cc2)cc1OC(F)(F)F. The van der Waals surface area contributed by atoms with Crippen LogP contribution in [0.1, 0.15) is 0 Å². The van der Waals surface area contributed by atoms with E-state index in [-0.39, 0.29) is 5.56 Å². The first-order chi connectivity index (χ1) is 10.1. The molecule has 0 aromatic heterocycles. The van der Waals surface area contributed by atoms with Crippen molar-refractivity contribution >= 4 is 0 Å². The smallest absolute Gasteiger partial charge is 0.402 e. The fraction of sp³-hybridized carbons (Fsp3) is 0.143. The fourth-order valence-corrected chi connectivity index (χ4v) is 1.68. The molecule has 0 fully saturated rings. The van der Waals surface area contributed by atoms with E-state index >= 15 is 0 Å². The predicted molar refractivity (Wildman–Crippen MR) is 64.1 cm³/mol. The number of hydrogen-bond acceptors (Lipinski definition) is 2. The van der Waals surface area contributed by atoms with E-state index in [0.717, 1.165) is 12.1 Å². The molecule has 2 nitrogen and oxygen atoms in total. The van der Waals surface area contributed by atoms with Gasteiger partial charge in [-0.25, -0.2) is 0 Å². The Hall–Kier alpha value is -2.38. The van der Waals surface area contributed by atoms with Crippen LogP contribution in [0.5, 0.6) is 11.5 Å². The lowest BCUT2D eigenvalue weighted by Gasteiger charge is -2.16. The summed E-state index contributed by atoms with van der Waals surface area (Å²) in [4.78, 5) is 0. The van der Waals surface area contributed by atoms with E-state index in [0.29, 0.717) is 5.56 Å². The van der Waals surface area contributed by atoms with Gasteiger partial charge in [-0.1, -0.05) is 30.3 Å². The van der Waals surface area contributed by atoms with Crippen LogP contribution in [0.4, 0.5) is 26.3 Å². The number of rotatable bonds is 3. The molecule has 8 heteroatoms. The van der Waals surface area contributed by atoms with Crippen LogP contribution in [0, 0.1) is 6.07 Å². The number of benzene rings is 2. The van der Waals surface area contributed by atoms with Crippen LogP contribution < -0.4 is 9.47 Å². The van der Waals surface area contributed by atoms with Gasteiger partial charge in [0.1, 0.15) is 0 Å². The summed E-state index contributed by atoms with van der Waals surface area (Å²) >= 11 is 0. The molecule has 0 aliphatic carbocycles. The lowest BCUT2D eigenvalue weighted by molar-refractivity contribution is -0.287. The number of ether oxygens (including phenoxy) is 2. The van der Waals surface area contributed by atoms with Gasteiger partial charge >= 0.3 is 12.7 Å². The Morgan fingerprint density at radius 3 is 1.77 bits per heavy atom. The zero-order valence-electron chi connectivity index (χ0n) is 10.6. The van der Waals surface area contributed by atoms with Gasteiger partial charge in [0.15, 0.2) is 11.5 Å². The molecule has 2 rings (SSSR count). The monoisotopic (exact) mass is 321 g/mol. The minimum Gasteiger partial charge on any atom is -0.402 e. The van der Waals surface area contributed by atoms with Crippen molar-refractivity contribution in [2.45, 2.75) is 12.7 Å². The molecule has 0 spiro atoms. The molecule has 1 radical (unpaired) electrons. The molecule has 0 unspecified atom stereocenters. The third kappa shape index (κ3) is 4.57. The molecule has 0 atom stereocenters. The van der Waals surface area contributed by atoms with Crippen LogP contribution in [0.15, 0.2) is 42.5 Å². The van der Waals surface area contributed by atoms with Crippen molar-refractivity contribution in [3.05, 3.63) is 48.5 Å². The summed E-state index contributed by atoms with van der Waals surface area (Å²) in [5.74, 6) is -2.15. The average Bonchev–Trinajstić information content (AvgIpc) is 2.38. The normalized spacial score (nSPS) is 12.1. The van der Waals surface area contributed by atoms with Crippen LogP contribution >= 0.6 is 0 Å². The topological polar surface area (TPSA) is 18.5 Å². The van der Waals surface area contributed by atoms with Gasteiger partial charge in [0.2, 0.25) is 0 Å². The van der Waals surface area contributed by atoms with Gasteiger partial charge in [0, 0.05) is 0 Å². The van der Waals surface area contributed by atoms with Gasteiger partial charge in [0.25, 0.3) is 0 Å². The van der Waals surface area contributed by atoms with Gasteiger partial charge in [-0.3, -0.25) is 0 Å². The van der Waals surface area contributed by atoms with Gasteiger partial charge in [0.05, 0.1) is 0 Å². The first-order valence-corrected chi connectivity index (χ1v) is 5.76. The highest BCUT2D eigenvalue weighted by molar-refractivity contribution is 5.67. The van der Waals surface area contributed by atoms with Crippen molar-refractivity contribution in [2.24, 2.45) is 0 Å². The van der Waals surface area contributed by atoms with Crippen molar-refractivity contribution < 1.29 is 35.8 Å². The Morgan fingerprint density at radius 2 is 1.23 bits per heavy atom. The Morgan fingerprint density at radius 1 is 0.682 bits per heavy atom. The van der Waals surface area contributed by atoms with Crippen LogP contribution in [0.2, 0.25) is 0 Å². The first kappa shape index (κ1) is 16.0. The van der Waals surface area contributed by atoms with Crippen molar-refractivity contribution in [3.63, 3.8) is 0 Å². The Labute approximate surface area is 120 Å². The number of halogens is 6. The van der Waals surface area contributed by atoms with E-state index in [1.807, 2.05) is 0 Å². The standard InChI is InChI=1S/C14H7F6O2/c15-13(16,17)21-11-7-6-10(9-4-2-1-3-5-9)8-12(11)22-14(18,19)20/h2-8H. The quantitative estimate of drug-likeness (QED) is 0.745. The van der Waals surface area contributed by atoms with E-state index < -0.39 is 24.2 Å². The van der Waals surface area contributed by atoms with Gasteiger partial charge < -0.3 is 9.47 Å². The second-order valence-corrected chi connectivity index (χ2v) is 4.05. The third-order valence-corrected chi connectivity index (χ3v) is 2.45. The van der Waals surface area contributed by atoms with Gasteiger partial charge in [-0.05, 0) is 29.3 Å². The molecule has 22 heavy (non-hydrogen) atoms. The van der Waals surface area contributed by atoms with Crippen molar-refractivity contribution in [1.82, 2.24) is 0 Å². The minimum atomic E-state index is -5.15. The van der Waals surface area contributed by atoms with Crippen molar-refractivity contribution in [2.75, 3.05) is 0 Å². The van der Waals surface area contributed by atoms with Crippen molar-refractivity contribution in [1.29, 1.82) is 0 Å². The van der Waals surface area contributed by atoms with E-state index in [9.17, 15) is 26.3 Å². The zero-order valence-corrected chi connectivity index (χ0v) is 10.6. The third-order valence-electron chi connectivity index (χ3n) is 2.45. The second kappa shape index (κ2) is 5.78. The van der Waals surface area contributed by atoms with Crippen LogP contribution in [0.3, 0.4) is 0 Å². The fourth-order valence-electron chi connectivity index (χ4n) is 1.68. The maximum Gasteiger partial charge on any atom is 0.573 e. The molecular formula is C14H7F6O2. The Balaban J connectivity index is 2.43. The first-order valence-electron chi connectivity index (χ1n) is 5.76. The van der Waals surface area contributed by atoms with E-state index in [4.69, 9.17) is 0 Å². The maximum atomic E-state index is 12.3. The average molecular weight is 321 g/mol.